The lowest BCUT2D eigenvalue weighted by Gasteiger charge is -2.17. The van der Waals surface area contributed by atoms with E-state index in [0.717, 1.165) is 6.04 Å². The van der Waals surface area contributed by atoms with Crippen LogP contribution in [0.5, 0.6) is 0 Å². The standard InChI is InChI=1S/C38H80N2/c1-4-7-9-11-13-15-17-19-21-23-25-27-29-31-35-39-36-33-34-38(6-3)40-37-32-30-28-26-24-22-20-18-16-14-12-10-8-5-2/h38-40H,4-37H2,1-3H3. The molecule has 242 valence electrons. The molecule has 0 aliphatic heterocycles. The number of hydrogen-bond acceptors (Lipinski definition) is 2. The van der Waals surface area contributed by atoms with Gasteiger partial charge in [0.2, 0.25) is 0 Å². The zero-order chi connectivity index (χ0) is 29.0. The second kappa shape index (κ2) is 36.9. The van der Waals surface area contributed by atoms with Gasteiger partial charge in [-0.2, -0.15) is 0 Å². The Morgan fingerprint density at radius 3 is 0.975 bits per heavy atom. The lowest BCUT2D eigenvalue weighted by molar-refractivity contribution is 0.435. The second-order valence-corrected chi connectivity index (χ2v) is 13.1. The highest BCUT2D eigenvalue weighted by atomic mass is 14.9. The summed E-state index contributed by atoms with van der Waals surface area (Å²) in [5.74, 6) is 0. The predicted molar refractivity (Wildman–Crippen MR) is 185 cm³/mol. The van der Waals surface area contributed by atoms with Gasteiger partial charge in [0.15, 0.2) is 0 Å². The van der Waals surface area contributed by atoms with Crippen LogP contribution in [0, 0.1) is 0 Å². The Morgan fingerprint density at radius 2 is 0.625 bits per heavy atom. The summed E-state index contributed by atoms with van der Waals surface area (Å²) in [6.07, 6.45) is 44.4. The molecule has 0 aromatic carbocycles. The van der Waals surface area contributed by atoms with Crippen molar-refractivity contribution >= 4 is 0 Å². The fraction of sp³-hybridized carbons (Fsp3) is 1.00. The normalized spacial score (nSPS) is 12.4. The SMILES string of the molecule is CCCCCCCCCCCCCCCCNCCCC(CC)NCCCCCCCCCCCCCCCC. The smallest absolute Gasteiger partial charge is 0.00649 e. The van der Waals surface area contributed by atoms with Crippen LogP contribution in [0.2, 0.25) is 0 Å². The van der Waals surface area contributed by atoms with Gasteiger partial charge in [0.25, 0.3) is 0 Å². The van der Waals surface area contributed by atoms with Gasteiger partial charge in [-0.15, -0.1) is 0 Å². The van der Waals surface area contributed by atoms with Crippen LogP contribution in [0.25, 0.3) is 0 Å². The summed E-state index contributed by atoms with van der Waals surface area (Å²) in [7, 11) is 0. The second-order valence-electron chi connectivity index (χ2n) is 13.1. The van der Waals surface area contributed by atoms with E-state index in [-0.39, 0.29) is 0 Å². The maximum absolute atomic E-state index is 3.84. The van der Waals surface area contributed by atoms with Gasteiger partial charge in [0.1, 0.15) is 0 Å². The average Bonchev–Trinajstić information content (AvgIpc) is 2.97. The molecule has 0 fully saturated rings. The van der Waals surface area contributed by atoms with Gasteiger partial charge in [-0.25, -0.2) is 0 Å². The molecule has 0 aromatic rings. The summed E-state index contributed by atoms with van der Waals surface area (Å²) >= 11 is 0. The largest absolute Gasteiger partial charge is 0.317 e. The van der Waals surface area contributed by atoms with Gasteiger partial charge in [-0.1, -0.05) is 188 Å². The Hall–Kier alpha value is -0.0800. The minimum atomic E-state index is 0.727. The van der Waals surface area contributed by atoms with Gasteiger partial charge in [0, 0.05) is 6.04 Å². The molecule has 0 spiro atoms. The molecule has 1 atom stereocenters. The topological polar surface area (TPSA) is 24.1 Å². The molecule has 0 saturated carbocycles. The van der Waals surface area contributed by atoms with E-state index in [1.54, 1.807) is 0 Å². The van der Waals surface area contributed by atoms with Crippen molar-refractivity contribution in [1.82, 2.24) is 10.6 Å². The Labute approximate surface area is 255 Å². The molecule has 0 aliphatic carbocycles. The molecule has 0 rings (SSSR count). The zero-order valence-corrected chi connectivity index (χ0v) is 28.6. The van der Waals surface area contributed by atoms with Crippen LogP contribution in [0.1, 0.15) is 220 Å². The van der Waals surface area contributed by atoms with E-state index in [4.69, 9.17) is 0 Å². The van der Waals surface area contributed by atoms with Crippen molar-refractivity contribution in [2.24, 2.45) is 0 Å². The molecule has 0 amide bonds. The molecular weight excluding hydrogens is 484 g/mol. The molecule has 0 saturated heterocycles. The first-order valence-electron chi connectivity index (χ1n) is 19.3. The maximum Gasteiger partial charge on any atom is 0.00649 e. The quantitative estimate of drug-likeness (QED) is 0.0739. The van der Waals surface area contributed by atoms with Crippen molar-refractivity contribution in [1.29, 1.82) is 0 Å². The summed E-state index contributed by atoms with van der Waals surface area (Å²) in [4.78, 5) is 0. The predicted octanol–water partition coefficient (Wildman–Crippen LogP) is 12.7. The highest BCUT2D eigenvalue weighted by Gasteiger charge is 2.04. The van der Waals surface area contributed by atoms with Crippen molar-refractivity contribution in [2.45, 2.75) is 226 Å². The minimum Gasteiger partial charge on any atom is -0.317 e. The van der Waals surface area contributed by atoms with E-state index in [1.807, 2.05) is 0 Å². The Balaban J connectivity index is 3.24. The lowest BCUT2D eigenvalue weighted by atomic mass is 10.0. The van der Waals surface area contributed by atoms with E-state index in [1.165, 1.54) is 219 Å². The van der Waals surface area contributed by atoms with Crippen LogP contribution in [-0.4, -0.2) is 25.7 Å². The van der Waals surface area contributed by atoms with Gasteiger partial charge in [0.05, 0.1) is 0 Å². The van der Waals surface area contributed by atoms with Crippen molar-refractivity contribution < 1.29 is 0 Å². The van der Waals surface area contributed by atoms with E-state index in [9.17, 15) is 0 Å². The third kappa shape index (κ3) is 34.1. The summed E-state index contributed by atoms with van der Waals surface area (Å²) in [5, 5.41) is 7.54. The highest BCUT2D eigenvalue weighted by molar-refractivity contribution is 4.66. The third-order valence-corrected chi connectivity index (χ3v) is 9.07. The average molecular weight is 565 g/mol. The number of hydrogen-bond donors (Lipinski definition) is 2. The fourth-order valence-corrected chi connectivity index (χ4v) is 6.12. The maximum atomic E-state index is 3.84. The number of rotatable bonds is 36. The molecule has 2 N–H and O–H groups in total. The summed E-state index contributed by atoms with van der Waals surface area (Å²) in [5.41, 5.74) is 0. The van der Waals surface area contributed by atoms with E-state index in [2.05, 4.69) is 31.4 Å². The van der Waals surface area contributed by atoms with Crippen LogP contribution < -0.4 is 10.6 Å². The first-order valence-corrected chi connectivity index (χ1v) is 19.3. The first kappa shape index (κ1) is 39.9. The summed E-state index contributed by atoms with van der Waals surface area (Å²) in [6, 6.07) is 0.727. The summed E-state index contributed by atoms with van der Waals surface area (Å²) < 4.78 is 0. The van der Waals surface area contributed by atoms with Crippen LogP contribution >= 0.6 is 0 Å². The molecule has 0 radical (unpaired) electrons. The molecule has 2 nitrogen and oxygen atoms in total. The fourth-order valence-electron chi connectivity index (χ4n) is 6.12. The van der Waals surface area contributed by atoms with Crippen LogP contribution in [0.15, 0.2) is 0 Å². The molecule has 2 heteroatoms. The Bertz CT molecular complexity index is 424. The lowest BCUT2D eigenvalue weighted by Crippen LogP contribution is -2.30. The van der Waals surface area contributed by atoms with Crippen LogP contribution in [-0.2, 0) is 0 Å². The zero-order valence-electron chi connectivity index (χ0n) is 28.6. The van der Waals surface area contributed by atoms with Crippen molar-refractivity contribution in [3.8, 4) is 0 Å². The monoisotopic (exact) mass is 565 g/mol. The molecule has 0 aromatic heterocycles. The van der Waals surface area contributed by atoms with Crippen LogP contribution in [0.3, 0.4) is 0 Å². The molecule has 0 aliphatic rings. The van der Waals surface area contributed by atoms with Gasteiger partial charge >= 0.3 is 0 Å². The van der Waals surface area contributed by atoms with E-state index in [0.29, 0.717) is 0 Å². The highest BCUT2D eigenvalue weighted by Crippen LogP contribution is 2.14. The third-order valence-electron chi connectivity index (χ3n) is 9.07. The molecule has 1 unspecified atom stereocenters. The van der Waals surface area contributed by atoms with E-state index < -0.39 is 0 Å². The first-order chi connectivity index (χ1) is 19.8. The van der Waals surface area contributed by atoms with Gasteiger partial charge in [-0.3, -0.25) is 0 Å². The van der Waals surface area contributed by atoms with Crippen molar-refractivity contribution in [3.63, 3.8) is 0 Å². The van der Waals surface area contributed by atoms with Crippen LogP contribution in [0.4, 0.5) is 0 Å². The Kier molecular flexibility index (Phi) is 36.9. The Morgan fingerprint density at radius 1 is 0.325 bits per heavy atom. The minimum absolute atomic E-state index is 0.727. The molecule has 40 heavy (non-hydrogen) atoms. The summed E-state index contributed by atoms with van der Waals surface area (Å²) in [6.45, 7) is 10.6. The van der Waals surface area contributed by atoms with Crippen molar-refractivity contribution in [3.05, 3.63) is 0 Å². The molecule has 0 heterocycles. The van der Waals surface area contributed by atoms with Crippen molar-refractivity contribution in [2.75, 3.05) is 19.6 Å². The van der Waals surface area contributed by atoms with Gasteiger partial charge < -0.3 is 10.6 Å². The van der Waals surface area contributed by atoms with E-state index >= 15 is 0 Å². The molecule has 0 bridgehead atoms. The molecular formula is C38H80N2. The number of unbranched alkanes of at least 4 members (excludes halogenated alkanes) is 26. The number of nitrogens with one attached hydrogen (secondary N) is 2. The van der Waals surface area contributed by atoms with Gasteiger partial charge in [-0.05, 0) is 51.7 Å².